The molecule has 0 fully saturated rings. The SMILES string of the molecule is Cn1c(CC(F)(F)F)nc2ccc(CN)cc21. The van der Waals surface area contributed by atoms with Crippen LogP contribution in [-0.2, 0) is 20.0 Å². The summed E-state index contributed by atoms with van der Waals surface area (Å²) in [4.78, 5) is 3.98. The molecule has 2 N–H and O–H groups in total. The van der Waals surface area contributed by atoms with E-state index >= 15 is 0 Å². The van der Waals surface area contributed by atoms with E-state index in [4.69, 9.17) is 5.73 Å². The van der Waals surface area contributed by atoms with Crippen LogP contribution in [0.3, 0.4) is 0 Å². The van der Waals surface area contributed by atoms with Crippen LogP contribution in [0.5, 0.6) is 0 Å². The summed E-state index contributed by atoms with van der Waals surface area (Å²) in [5.41, 5.74) is 7.60. The molecule has 0 aliphatic carbocycles. The Morgan fingerprint density at radius 2 is 2.06 bits per heavy atom. The number of halogens is 3. The summed E-state index contributed by atoms with van der Waals surface area (Å²) in [6.07, 6.45) is -5.26. The lowest BCUT2D eigenvalue weighted by molar-refractivity contribution is -0.128. The lowest BCUT2D eigenvalue weighted by Gasteiger charge is -2.06. The van der Waals surface area contributed by atoms with Crippen LogP contribution >= 0.6 is 0 Å². The van der Waals surface area contributed by atoms with E-state index in [1.165, 1.54) is 4.57 Å². The zero-order chi connectivity index (χ0) is 12.6. The summed E-state index contributed by atoms with van der Waals surface area (Å²) in [6, 6.07) is 5.23. The van der Waals surface area contributed by atoms with E-state index < -0.39 is 12.6 Å². The second-order valence-electron chi connectivity index (χ2n) is 3.91. The van der Waals surface area contributed by atoms with Gasteiger partial charge < -0.3 is 10.3 Å². The number of imidazole rings is 1. The summed E-state index contributed by atoms with van der Waals surface area (Å²) in [7, 11) is 1.58. The first-order valence-electron chi connectivity index (χ1n) is 5.12. The molecule has 0 bridgehead atoms. The molecule has 0 aliphatic rings. The molecule has 6 heteroatoms. The maximum absolute atomic E-state index is 12.3. The number of nitrogens with two attached hydrogens (primary N) is 1. The van der Waals surface area contributed by atoms with Gasteiger partial charge in [-0.3, -0.25) is 0 Å². The third kappa shape index (κ3) is 2.41. The van der Waals surface area contributed by atoms with Gasteiger partial charge in [-0.05, 0) is 17.7 Å². The Balaban J connectivity index is 2.49. The molecule has 92 valence electrons. The van der Waals surface area contributed by atoms with E-state index in [0.717, 1.165) is 5.56 Å². The van der Waals surface area contributed by atoms with Crippen molar-refractivity contribution < 1.29 is 13.2 Å². The summed E-state index contributed by atoms with van der Waals surface area (Å²) < 4.78 is 38.4. The second-order valence-corrected chi connectivity index (χ2v) is 3.91. The standard InChI is InChI=1S/C11H12F3N3/c1-17-9-4-7(6-15)2-3-8(9)16-10(17)5-11(12,13)14/h2-4H,5-6,15H2,1H3. The first-order chi connectivity index (χ1) is 7.90. The van der Waals surface area contributed by atoms with Crippen LogP contribution in [0.15, 0.2) is 18.2 Å². The van der Waals surface area contributed by atoms with Gasteiger partial charge in [0.1, 0.15) is 12.2 Å². The van der Waals surface area contributed by atoms with Gasteiger partial charge in [-0.25, -0.2) is 4.98 Å². The molecule has 0 amide bonds. The van der Waals surface area contributed by atoms with Crippen LogP contribution in [0, 0.1) is 0 Å². The molecule has 1 aromatic heterocycles. The van der Waals surface area contributed by atoms with E-state index in [1.807, 2.05) is 0 Å². The molecule has 3 nitrogen and oxygen atoms in total. The molecule has 2 rings (SSSR count). The highest BCUT2D eigenvalue weighted by atomic mass is 19.4. The van der Waals surface area contributed by atoms with E-state index in [1.54, 1.807) is 25.2 Å². The topological polar surface area (TPSA) is 43.8 Å². The van der Waals surface area contributed by atoms with Crippen molar-refractivity contribution >= 4 is 11.0 Å². The third-order valence-electron chi connectivity index (χ3n) is 2.63. The van der Waals surface area contributed by atoms with Crippen molar-refractivity contribution in [2.75, 3.05) is 0 Å². The normalized spacial score (nSPS) is 12.3. The van der Waals surface area contributed by atoms with Crippen molar-refractivity contribution in [3.8, 4) is 0 Å². The molecule has 0 aliphatic heterocycles. The number of aryl methyl sites for hydroxylation is 1. The molecule has 2 aromatic rings. The Kier molecular flexibility index (Phi) is 2.82. The lowest BCUT2D eigenvalue weighted by Crippen LogP contribution is -2.15. The van der Waals surface area contributed by atoms with Gasteiger partial charge in [0, 0.05) is 13.6 Å². The fourth-order valence-corrected chi connectivity index (χ4v) is 1.75. The van der Waals surface area contributed by atoms with Gasteiger partial charge >= 0.3 is 6.18 Å². The number of benzene rings is 1. The maximum Gasteiger partial charge on any atom is 0.396 e. The van der Waals surface area contributed by atoms with E-state index in [0.29, 0.717) is 17.6 Å². The smallest absolute Gasteiger partial charge is 0.331 e. The Labute approximate surface area is 96.0 Å². The van der Waals surface area contributed by atoms with Gasteiger partial charge in [-0.15, -0.1) is 0 Å². The fourth-order valence-electron chi connectivity index (χ4n) is 1.75. The largest absolute Gasteiger partial charge is 0.396 e. The molecule has 1 aromatic carbocycles. The second kappa shape index (κ2) is 4.03. The molecule has 0 radical (unpaired) electrons. The summed E-state index contributed by atoms with van der Waals surface area (Å²) in [5, 5.41) is 0. The number of hydrogen-bond donors (Lipinski definition) is 1. The first-order valence-corrected chi connectivity index (χ1v) is 5.12. The van der Waals surface area contributed by atoms with Gasteiger partial charge in [-0.2, -0.15) is 13.2 Å². The highest BCUT2D eigenvalue weighted by Crippen LogP contribution is 2.23. The van der Waals surface area contributed by atoms with E-state index in [-0.39, 0.29) is 5.82 Å². The van der Waals surface area contributed by atoms with E-state index in [9.17, 15) is 13.2 Å². The predicted octanol–water partition coefficient (Wildman–Crippen LogP) is 2.14. The van der Waals surface area contributed by atoms with Crippen molar-refractivity contribution in [3.05, 3.63) is 29.6 Å². The highest BCUT2D eigenvalue weighted by Gasteiger charge is 2.30. The minimum absolute atomic E-state index is 0.0154. The average Bonchev–Trinajstić information content (AvgIpc) is 2.53. The summed E-state index contributed by atoms with van der Waals surface area (Å²) >= 11 is 0. The third-order valence-corrected chi connectivity index (χ3v) is 2.63. The van der Waals surface area contributed by atoms with Crippen molar-refractivity contribution in [3.63, 3.8) is 0 Å². The zero-order valence-corrected chi connectivity index (χ0v) is 9.25. The van der Waals surface area contributed by atoms with Crippen LogP contribution in [0.4, 0.5) is 13.2 Å². The van der Waals surface area contributed by atoms with Crippen LogP contribution in [0.25, 0.3) is 11.0 Å². The minimum atomic E-state index is -4.24. The Morgan fingerprint density at radius 3 is 2.65 bits per heavy atom. The summed E-state index contributed by atoms with van der Waals surface area (Å²) in [6.45, 7) is 0.357. The molecule has 0 saturated carbocycles. The van der Waals surface area contributed by atoms with Crippen molar-refractivity contribution in [2.45, 2.75) is 19.1 Å². The van der Waals surface area contributed by atoms with Crippen molar-refractivity contribution in [1.29, 1.82) is 0 Å². The monoisotopic (exact) mass is 243 g/mol. The molecule has 0 saturated heterocycles. The molecule has 0 spiro atoms. The molecular weight excluding hydrogens is 231 g/mol. The number of hydrogen-bond acceptors (Lipinski definition) is 2. The van der Waals surface area contributed by atoms with Crippen LogP contribution in [0.1, 0.15) is 11.4 Å². The molecule has 0 unspecified atom stereocenters. The Morgan fingerprint density at radius 1 is 1.35 bits per heavy atom. The van der Waals surface area contributed by atoms with Gasteiger partial charge in [0.2, 0.25) is 0 Å². The molecular formula is C11H12F3N3. The maximum atomic E-state index is 12.3. The number of fused-ring (bicyclic) bond motifs is 1. The summed E-state index contributed by atoms with van der Waals surface area (Å²) in [5.74, 6) is 0.0154. The van der Waals surface area contributed by atoms with Gasteiger partial charge in [0.05, 0.1) is 11.0 Å². The zero-order valence-electron chi connectivity index (χ0n) is 9.25. The fraction of sp³-hybridized carbons (Fsp3) is 0.364. The Bertz CT molecular complexity index is 543. The number of nitrogens with zero attached hydrogens (tertiary/aromatic N) is 2. The average molecular weight is 243 g/mol. The van der Waals surface area contributed by atoms with Crippen molar-refractivity contribution in [1.82, 2.24) is 9.55 Å². The van der Waals surface area contributed by atoms with Crippen molar-refractivity contribution in [2.24, 2.45) is 12.8 Å². The van der Waals surface area contributed by atoms with Gasteiger partial charge in [0.25, 0.3) is 0 Å². The lowest BCUT2D eigenvalue weighted by atomic mass is 10.2. The number of alkyl halides is 3. The predicted molar refractivity (Wildman–Crippen MR) is 58.4 cm³/mol. The van der Waals surface area contributed by atoms with Crippen LogP contribution in [0.2, 0.25) is 0 Å². The van der Waals surface area contributed by atoms with Crippen LogP contribution in [-0.4, -0.2) is 15.7 Å². The first kappa shape index (κ1) is 11.9. The van der Waals surface area contributed by atoms with Gasteiger partial charge in [0.15, 0.2) is 0 Å². The van der Waals surface area contributed by atoms with E-state index in [2.05, 4.69) is 4.98 Å². The highest BCUT2D eigenvalue weighted by molar-refractivity contribution is 5.76. The molecule has 0 atom stereocenters. The van der Waals surface area contributed by atoms with Crippen LogP contribution < -0.4 is 5.73 Å². The molecule has 17 heavy (non-hydrogen) atoms. The van der Waals surface area contributed by atoms with Gasteiger partial charge in [-0.1, -0.05) is 6.07 Å². The Hall–Kier alpha value is -1.56. The minimum Gasteiger partial charge on any atom is -0.331 e. The molecule has 1 heterocycles. The number of aromatic nitrogens is 2. The quantitative estimate of drug-likeness (QED) is 0.878. The number of rotatable bonds is 2.